The van der Waals surface area contributed by atoms with Crippen molar-refractivity contribution >= 4 is 0 Å². The lowest BCUT2D eigenvalue weighted by atomic mass is 9.97. The van der Waals surface area contributed by atoms with Crippen molar-refractivity contribution in [2.75, 3.05) is 0 Å². The smallest absolute Gasteiger partial charge is 0.0994 e. The standard InChI is InChI=1S/C18H14N2/c1-12-6-7-13(10-19)8-16(12)18-9-17(18)15-5-3-2-4-14(15)11-20/h2-8,17-18H,9H2,1H3. The van der Waals surface area contributed by atoms with E-state index in [1.807, 2.05) is 42.5 Å². The first-order valence-electron chi connectivity index (χ1n) is 6.74. The third-order valence-corrected chi connectivity index (χ3v) is 4.08. The number of nitriles is 2. The van der Waals surface area contributed by atoms with E-state index in [0.717, 1.165) is 17.5 Å². The molecule has 0 aliphatic heterocycles. The van der Waals surface area contributed by atoms with E-state index in [1.165, 1.54) is 11.1 Å². The summed E-state index contributed by atoms with van der Waals surface area (Å²) in [5.74, 6) is 0.858. The van der Waals surface area contributed by atoms with Crippen molar-refractivity contribution in [1.29, 1.82) is 10.5 Å². The maximum atomic E-state index is 9.20. The highest BCUT2D eigenvalue weighted by Gasteiger charge is 2.41. The van der Waals surface area contributed by atoms with E-state index in [4.69, 9.17) is 5.26 Å². The second-order valence-corrected chi connectivity index (χ2v) is 5.33. The third-order valence-electron chi connectivity index (χ3n) is 4.08. The van der Waals surface area contributed by atoms with Gasteiger partial charge in [-0.15, -0.1) is 0 Å². The molecule has 0 saturated heterocycles. The van der Waals surface area contributed by atoms with E-state index < -0.39 is 0 Å². The van der Waals surface area contributed by atoms with Gasteiger partial charge in [-0.1, -0.05) is 24.3 Å². The molecule has 20 heavy (non-hydrogen) atoms. The minimum atomic E-state index is 0.415. The molecular weight excluding hydrogens is 244 g/mol. The van der Waals surface area contributed by atoms with Crippen molar-refractivity contribution in [3.05, 3.63) is 70.3 Å². The van der Waals surface area contributed by atoms with Crippen molar-refractivity contribution in [3.8, 4) is 12.1 Å². The van der Waals surface area contributed by atoms with E-state index in [1.54, 1.807) is 0 Å². The van der Waals surface area contributed by atoms with Gasteiger partial charge in [-0.05, 0) is 60.1 Å². The zero-order valence-electron chi connectivity index (χ0n) is 11.3. The average molecular weight is 258 g/mol. The van der Waals surface area contributed by atoms with Gasteiger partial charge < -0.3 is 0 Å². The molecule has 2 nitrogen and oxygen atoms in total. The molecule has 1 aliphatic rings. The van der Waals surface area contributed by atoms with Crippen LogP contribution in [0.5, 0.6) is 0 Å². The summed E-state index contributed by atoms with van der Waals surface area (Å²) in [7, 11) is 0. The molecule has 2 unspecified atom stereocenters. The SMILES string of the molecule is Cc1ccc(C#N)cc1C1CC1c1ccccc1C#N. The van der Waals surface area contributed by atoms with Gasteiger partial charge >= 0.3 is 0 Å². The van der Waals surface area contributed by atoms with Crippen LogP contribution in [0.4, 0.5) is 0 Å². The largest absolute Gasteiger partial charge is 0.192 e. The molecule has 96 valence electrons. The highest BCUT2D eigenvalue weighted by atomic mass is 14.4. The van der Waals surface area contributed by atoms with Crippen molar-refractivity contribution < 1.29 is 0 Å². The molecule has 0 N–H and O–H groups in total. The molecule has 0 spiro atoms. The topological polar surface area (TPSA) is 47.6 Å². The molecule has 2 atom stereocenters. The zero-order valence-corrected chi connectivity index (χ0v) is 11.3. The van der Waals surface area contributed by atoms with Gasteiger partial charge in [0.05, 0.1) is 23.3 Å². The van der Waals surface area contributed by atoms with Crippen LogP contribution in [0.15, 0.2) is 42.5 Å². The molecule has 2 aromatic carbocycles. The zero-order chi connectivity index (χ0) is 14.1. The van der Waals surface area contributed by atoms with Gasteiger partial charge in [0.15, 0.2) is 0 Å². The van der Waals surface area contributed by atoms with Gasteiger partial charge in [0.1, 0.15) is 0 Å². The van der Waals surface area contributed by atoms with E-state index in [9.17, 15) is 5.26 Å². The lowest BCUT2D eigenvalue weighted by Crippen LogP contribution is -1.92. The molecule has 0 heterocycles. The molecule has 3 rings (SSSR count). The number of hydrogen-bond donors (Lipinski definition) is 0. The van der Waals surface area contributed by atoms with Gasteiger partial charge in [-0.2, -0.15) is 10.5 Å². The summed E-state index contributed by atoms with van der Waals surface area (Å²) < 4.78 is 0. The Kier molecular flexibility index (Phi) is 3.01. The van der Waals surface area contributed by atoms with Crippen molar-refractivity contribution in [2.45, 2.75) is 25.2 Å². The molecule has 0 amide bonds. The predicted molar refractivity (Wildman–Crippen MR) is 77.2 cm³/mol. The van der Waals surface area contributed by atoms with Crippen LogP contribution in [0, 0.1) is 29.6 Å². The lowest BCUT2D eigenvalue weighted by molar-refractivity contribution is 1.01. The van der Waals surface area contributed by atoms with Crippen LogP contribution in [0.25, 0.3) is 0 Å². The Hall–Kier alpha value is -2.58. The van der Waals surface area contributed by atoms with E-state index in [-0.39, 0.29) is 0 Å². The van der Waals surface area contributed by atoms with E-state index in [0.29, 0.717) is 17.4 Å². The predicted octanol–water partition coefficient (Wildman–Crippen LogP) is 4.01. The molecule has 2 heteroatoms. The molecule has 1 aliphatic carbocycles. The van der Waals surface area contributed by atoms with Crippen molar-refractivity contribution in [2.24, 2.45) is 0 Å². The number of rotatable bonds is 2. The maximum Gasteiger partial charge on any atom is 0.0994 e. The first-order valence-corrected chi connectivity index (χ1v) is 6.74. The van der Waals surface area contributed by atoms with Crippen molar-refractivity contribution in [1.82, 2.24) is 0 Å². The third kappa shape index (κ3) is 2.06. The van der Waals surface area contributed by atoms with Crippen LogP contribution < -0.4 is 0 Å². The molecule has 1 saturated carbocycles. The molecule has 0 bridgehead atoms. The molecule has 2 aromatic rings. The number of benzene rings is 2. The van der Waals surface area contributed by atoms with Crippen LogP contribution in [-0.4, -0.2) is 0 Å². The van der Waals surface area contributed by atoms with Gasteiger partial charge in [0, 0.05) is 0 Å². The lowest BCUT2D eigenvalue weighted by Gasteiger charge is -2.07. The van der Waals surface area contributed by atoms with Crippen LogP contribution in [0.2, 0.25) is 0 Å². The number of hydrogen-bond acceptors (Lipinski definition) is 2. The highest BCUT2D eigenvalue weighted by Crippen LogP contribution is 2.56. The van der Waals surface area contributed by atoms with Crippen LogP contribution in [-0.2, 0) is 0 Å². The Morgan fingerprint density at radius 2 is 1.70 bits per heavy atom. The second-order valence-electron chi connectivity index (χ2n) is 5.33. The molecule has 0 aromatic heterocycles. The fourth-order valence-corrected chi connectivity index (χ4v) is 2.91. The van der Waals surface area contributed by atoms with Gasteiger partial charge in [-0.25, -0.2) is 0 Å². The first-order chi connectivity index (χ1) is 9.74. The molecule has 0 radical (unpaired) electrons. The van der Waals surface area contributed by atoms with Gasteiger partial charge in [-0.3, -0.25) is 0 Å². The summed E-state index contributed by atoms with van der Waals surface area (Å²) in [5.41, 5.74) is 5.11. The summed E-state index contributed by atoms with van der Waals surface area (Å²) in [6.45, 7) is 2.09. The minimum Gasteiger partial charge on any atom is -0.192 e. The summed E-state index contributed by atoms with van der Waals surface area (Å²) >= 11 is 0. The first kappa shape index (κ1) is 12.5. The van der Waals surface area contributed by atoms with Crippen LogP contribution >= 0.6 is 0 Å². The molecule has 1 fully saturated rings. The highest BCUT2D eigenvalue weighted by molar-refractivity contribution is 5.49. The Balaban J connectivity index is 1.94. The van der Waals surface area contributed by atoms with E-state index >= 15 is 0 Å². The van der Waals surface area contributed by atoms with Crippen molar-refractivity contribution in [3.63, 3.8) is 0 Å². The monoisotopic (exact) mass is 258 g/mol. The van der Waals surface area contributed by atoms with Crippen LogP contribution in [0.3, 0.4) is 0 Å². The fourth-order valence-electron chi connectivity index (χ4n) is 2.91. The summed E-state index contributed by atoms with van der Waals surface area (Å²) in [5, 5.41) is 18.2. The Morgan fingerprint density at radius 1 is 0.950 bits per heavy atom. The Labute approximate surface area is 118 Å². The Morgan fingerprint density at radius 3 is 2.45 bits per heavy atom. The van der Waals surface area contributed by atoms with E-state index in [2.05, 4.69) is 19.1 Å². The quantitative estimate of drug-likeness (QED) is 0.817. The average Bonchev–Trinajstić information content (AvgIpc) is 3.28. The van der Waals surface area contributed by atoms with Gasteiger partial charge in [0.25, 0.3) is 0 Å². The summed E-state index contributed by atoms with van der Waals surface area (Å²) in [6, 6.07) is 18.2. The fraction of sp³-hybridized carbons (Fsp3) is 0.222. The Bertz CT molecular complexity index is 747. The molecular formula is C18H14N2. The number of nitrogens with zero attached hydrogens (tertiary/aromatic N) is 2. The minimum absolute atomic E-state index is 0.415. The second kappa shape index (κ2) is 4.83. The normalized spacial score (nSPS) is 19.9. The van der Waals surface area contributed by atoms with Gasteiger partial charge in [0.2, 0.25) is 0 Å². The summed E-state index contributed by atoms with van der Waals surface area (Å²) in [6.07, 6.45) is 1.06. The maximum absolute atomic E-state index is 9.20. The number of aryl methyl sites for hydroxylation is 1. The summed E-state index contributed by atoms with van der Waals surface area (Å²) in [4.78, 5) is 0. The van der Waals surface area contributed by atoms with Crippen LogP contribution in [0.1, 0.15) is 46.1 Å².